The Morgan fingerprint density at radius 3 is 2.79 bits per heavy atom. The average molecular weight is 232 g/mol. The van der Waals surface area contributed by atoms with Crippen molar-refractivity contribution in [1.29, 1.82) is 0 Å². The number of primary sulfonamides is 1. The normalized spacial score (nSPS) is 11.8. The Balaban J connectivity index is 2.46. The molecule has 0 saturated heterocycles. The predicted octanol–water partition coefficient (Wildman–Crippen LogP) is -1.03. The molecule has 2 aromatic rings. The third-order valence-electron chi connectivity index (χ3n) is 1.32. The zero-order valence-corrected chi connectivity index (χ0v) is 8.21. The van der Waals surface area contributed by atoms with E-state index in [1.165, 1.54) is 6.20 Å². The maximum absolute atomic E-state index is 10.8. The number of nitrogens with two attached hydrogens (primary N) is 1. The Morgan fingerprint density at radius 1 is 1.50 bits per heavy atom. The number of H-pyrrole nitrogens is 1. The highest BCUT2D eigenvalue weighted by Crippen LogP contribution is 2.17. The van der Waals surface area contributed by atoms with Crippen LogP contribution in [0.5, 0.6) is 0 Å². The number of aromatic nitrogens is 5. The van der Waals surface area contributed by atoms with Gasteiger partial charge < -0.3 is 0 Å². The number of aromatic amines is 1. The Bertz CT molecular complexity index is 528. The quantitative estimate of drug-likeness (QED) is 0.681. The van der Waals surface area contributed by atoms with Gasteiger partial charge in [-0.25, -0.2) is 18.7 Å². The van der Waals surface area contributed by atoms with Gasteiger partial charge in [-0.15, -0.1) is 5.10 Å². The van der Waals surface area contributed by atoms with Crippen molar-refractivity contribution < 1.29 is 8.42 Å². The summed E-state index contributed by atoms with van der Waals surface area (Å²) < 4.78 is 25.3. The van der Waals surface area contributed by atoms with Crippen LogP contribution >= 0.6 is 11.5 Å². The summed E-state index contributed by atoms with van der Waals surface area (Å²) in [6.07, 6.45) is 1.43. The predicted molar refractivity (Wildman–Crippen MR) is 46.7 cm³/mol. The fourth-order valence-corrected chi connectivity index (χ4v) is 1.59. The second-order valence-corrected chi connectivity index (χ2v) is 4.55. The molecule has 0 atom stereocenters. The number of hydrogen-bond acceptors (Lipinski definition) is 7. The maximum atomic E-state index is 10.8. The first-order chi connectivity index (χ1) is 6.57. The van der Waals surface area contributed by atoms with Crippen LogP contribution in [0.15, 0.2) is 11.4 Å². The van der Waals surface area contributed by atoms with Gasteiger partial charge in [-0.05, 0) is 11.5 Å². The van der Waals surface area contributed by atoms with Crippen LogP contribution in [0.4, 0.5) is 0 Å². The molecule has 0 spiro atoms. The van der Waals surface area contributed by atoms with E-state index in [1.807, 2.05) is 0 Å². The second kappa shape index (κ2) is 3.08. The molecule has 0 aliphatic carbocycles. The van der Waals surface area contributed by atoms with Crippen molar-refractivity contribution in [3.8, 4) is 10.7 Å². The topological polar surface area (TPSA) is 128 Å². The van der Waals surface area contributed by atoms with E-state index in [9.17, 15) is 8.42 Å². The van der Waals surface area contributed by atoms with Gasteiger partial charge in [0.05, 0.1) is 6.20 Å². The van der Waals surface area contributed by atoms with Crippen molar-refractivity contribution in [3.05, 3.63) is 6.20 Å². The number of nitrogens with zero attached hydrogens (tertiary/aromatic N) is 4. The summed E-state index contributed by atoms with van der Waals surface area (Å²) in [6, 6.07) is 0. The van der Waals surface area contributed by atoms with Gasteiger partial charge in [-0.2, -0.15) is 10.1 Å². The number of sulfonamides is 1. The van der Waals surface area contributed by atoms with Gasteiger partial charge in [-0.1, -0.05) is 4.49 Å². The largest absolute Gasteiger partial charge is 0.273 e. The molecule has 10 heteroatoms. The van der Waals surface area contributed by atoms with E-state index in [0.717, 1.165) is 11.5 Å². The number of hydrogen-bond donors (Lipinski definition) is 2. The summed E-state index contributed by atoms with van der Waals surface area (Å²) in [5.74, 6) is 0.212. The standard InChI is InChI=1S/C4H4N6O2S2/c5-14(11,12)4-7-3(8-9-4)2-1-6-10-13-2/h1H,(H2,5,11,12)(H,7,8,9). The summed E-state index contributed by atoms with van der Waals surface area (Å²) in [5, 5.41) is 13.9. The summed E-state index contributed by atoms with van der Waals surface area (Å²) in [6.45, 7) is 0. The lowest BCUT2D eigenvalue weighted by Gasteiger charge is -1.86. The molecule has 0 saturated carbocycles. The molecule has 0 fully saturated rings. The minimum Gasteiger partial charge on any atom is -0.248 e. The lowest BCUT2D eigenvalue weighted by Crippen LogP contribution is -2.13. The van der Waals surface area contributed by atoms with Gasteiger partial charge in [0.1, 0.15) is 4.88 Å². The van der Waals surface area contributed by atoms with Gasteiger partial charge in [0.25, 0.3) is 15.2 Å². The van der Waals surface area contributed by atoms with E-state index in [-0.39, 0.29) is 11.0 Å². The SMILES string of the molecule is NS(=O)(=O)c1nc(-c2cnns2)n[nH]1. The zero-order chi connectivity index (χ0) is 10.2. The van der Waals surface area contributed by atoms with E-state index in [2.05, 4.69) is 24.8 Å². The summed E-state index contributed by atoms with van der Waals surface area (Å²) in [4.78, 5) is 4.24. The van der Waals surface area contributed by atoms with Crippen LogP contribution in [-0.2, 0) is 10.0 Å². The number of rotatable bonds is 2. The Morgan fingerprint density at radius 2 is 2.29 bits per heavy atom. The van der Waals surface area contributed by atoms with Gasteiger partial charge in [0, 0.05) is 0 Å². The van der Waals surface area contributed by atoms with E-state index in [1.54, 1.807) is 0 Å². The van der Waals surface area contributed by atoms with E-state index in [0.29, 0.717) is 4.88 Å². The molecule has 8 nitrogen and oxygen atoms in total. The van der Waals surface area contributed by atoms with Crippen molar-refractivity contribution in [2.24, 2.45) is 5.14 Å². The molecular weight excluding hydrogens is 228 g/mol. The first-order valence-corrected chi connectivity index (χ1v) is 5.62. The van der Waals surface area contributed by atoms with Crippen LogP contribution in [0.3, 0.4) is 0 Å². The lowest BCUT2D eigenvalue weighted by molar-refractivity contribution is 0.589. The Labute approximate surface area is 82.4 Å². The van der Waals surface area contributed by atoms with Crippen molar-refractivity contribution in [2.45, 2.75) is 5.16 Å². The molecule has 0 unspecified atom stereocenters. The van der Waals surface area contributed by atoms with Crippen LogP contribution < -0.4 is 5.14 Å². The highest BCUT2D eigenvalue weighted by Gasteiger charge is 2.15. The minimum atomic E-state index is -3.84. The van der Waals surface area contributed by atoms with Gasteiger partial charge >= 0.3 is 0 Å². The molecule has 0 aliphatic rings. The monoisotopic (exact) mass is 232 g/mol. The molecule has 0 radical (unpaired) electrons. The lowest BCUT2D eigenvalue weighted by atomic mass is 10.5. The van der Waals surface area contributed by atoms with Crippen LogP contribution in [0.1, 0.15) is 0 Å². The van der Waals surface area contributed by atoms with Gasteiger partial charge in [-0.3, -0.25) is 0 Å². The molecule has 74 valence electrons. The minimum absolute atomic E-state index is 0.212. The summed E-state index contributed by atoms with van der Waals surface area (Å²) >= 11 is 1.06. The highest BCUT2D eigenvalue weighted by molar-refractivity contribution is 7.89. The first kappa shape index (κ1) is 9.18. The number of nitrogens with one attached hydrogen (secondary N) is 1. The molecule has 0 aliphatic heterocycles. The smallest absolute Gasteiger partial charge is 0.248 e. The third-order valence-corrected chi connectivity index (χ3v) is 2.70. The van der Waals surface area contributed by atoms with E-state index >= 15 is 0 Å². The molecule has 0 amide bonds. The Hall–Kier alpha value is -1.39. The molecule has 2 heterocycles. The van der Waals surface area contributed by atoms with Crippen molar-refractivity contribution >= 4 is 21.6 Å². The highest BCUT2D eigenvalue weighted by atomic mass is 32.2. The molecule has 0 aromatic carbocycles. The first-order valence-electron chi connectivity index (χ1n) is 3.30. The maximum Gasteiger partial charge on any atom is 0.273 e. The summed E-state index contributed by atoms with van der Waals surface area (Å²) in [7, 11) is -3.84. The third kappa shape index (κ3) is 1.62. The van der Waals surface area contributed by atoms with E-state index < -0.39 is 10.0 Å². The zero-order valence-electron chi connectivity index (χ0n) is 6.58. The van der Waals surface area contributed by atoms with Crippen LogP contribution in [-0.4, -0.2) is 33.2 Å². The van der Waals surface area contributed by atoms with Crippen molar-refractivity contribution in [1.82, 2.24) is 24.8 Å². The molecule has 0 bridgehead atoms. The molecule has 3 N–H and O–H groups in total. The van der Waals surface area contributed by atoms with Crippen molar-refractivity contribution in [3.63, 3.8) is 0 Å². The van der Waals surface area contributed by atoms with Gasteiger partial charge in [0.15, 0.2) is 5.82 Å². The second-order valence-electron chi connectivity index (χ2n) is 2.29. The molecule has 14 heavy (non-hydrogen) atoms. The fraction of sp³-hybridized carbons (Fsp3) is 0. The Kier molecular flexibility index (Phi) is 2.02. The fourth-order valence-electron chi connectivity index (χ4n) is 0.750. The molecular formula is C4H4N6O2S2. The van der Waals surface area contributed by atoms with Crippen LogP contribution in [0.2, 0.25) is 0 Å². The van der Waals surface area contributed by atoms with Crippen LogP contribution in [0.25, 0.3) is 10.7 Å². The van der Waals surface area contributed by atoms with Gasteiger partial charge in [0.2, 0.25) is 0 Å². The van der Waals surface area contributed by atoms with E-state index in [4.69, 9.17) is 5.14 Å². The average Bonchev–Trinajstić information content (AvgIpc) is 2.73. The molecule has 2 aromatic heterocycles. The summed E-state index contributed by atoms with van der Waals surface area (Å²) in [5.41, 5.74) is 0. The molecule has 2 rings (SSSR count). The van der Waals surface area contributed by atoms with Crippen molar-refractivity contribution in [2.75, 3.05) is 0 Å². The van der Waals surface area contributed by atoms with Crippen LogP contribution in [0, 0.1) is 0 Å².